The van der Waals surface area contributed by atoms with Crippen molar-refractivity contribution < 1.29 is 9.18 Å². The number of aromatic nitrogens is 1. The molecule has 0 radical (unpaired) electrons. The van der Waals surface area contributed by atoms with Gasteiger partial charge in [-0.1, -0.05) is 17.7 Å². The van der Waals surface area contributed by atoms with Crippen LogP contribution in [-0.2, 0) is 6.54 Å². The van der Waals surface area contributed by atoms with Gasteiger partial charge < -0.3 is 5.32 Å². The number of likely N-dealkylation sites (tertiary alicyclic amines) is 1. The fraction of sp³-hybridized carbons (Fsp3) is 0.368. The zero-order valence-corrected chi connectivity index (χ0v) is 14.7. The summed E-state index contributed by atoms with van der Waals surface area (Å²) >= 11 is 5.93. The predicted octanol–water partition coefficient (Wildman–Crippen LogP) is 3.52. The molecule has 2 heterocycles. The van der Waals surface area contributed by atoms with Gasteiger partial charge >= 0.3 is 0 Å². The number of halogens is 2. The molecule has 4 nitrogen and oxygen atoms in total. The first-order chi connectivity index (χ1) is 12.1. The van der Waals surface area contributed by atoms with Gasteiger partial charge in [0.2, 0.25) is 0 Å². The molecule has 3 rings (SSSR count). The highest BCUT2D eigenvalue weighted by molar-refractivity contribution is 6.33. The smallest absolute Gasteiger partial charge is 0.255 e. The molecule has 6 heteroatoms. The Kier molecular flexibility index (Phi) is 6.00. The molecule has 1 N–H and O–H groups in total. The lowest BCUT2D eigenvalue weighted by atomic mass is 9.96. The maximum atomic E-state index is 13.8. The molecule has 0 spiro atoms. The first kappa shape index (κ1) is 17.8. The van der Waals surface area contributed by atoms with Gasteiger partial charge in [0.15, 0.2) is 0 Å². The number of carbonyl (C=O) groups is 1. The van der Waals surface area contributed by atoms with E-state index in [0.717, 1.165) is 32.5 Å². The molecule has 1 saturated heterocycles. The van der Waals surface area contributed by atoms with Crippen LogP contribution >= 0.6 is 11.6 Å². The lowest BCUT2D eigenvalue weighted by Crippen LogP contribution is -2.38. The van der Waals surface area contributed by atoms with Crippen molar-refractivity contribution in [3.63, 3.8) is 0 Å². The van der Waals surface area contributed by atoms with E-state index in [1.807, 2.05) is 24.5 Å². The molecule has 0 aliphatic carbocycles. The third-order valence-electron chi connectivity index (χ3n) is 4.60. The molecular formula is C19H21ClFN3O. The number of rotatable bonds is 5. The van der Waals surface area contributed by atoms with Crippen molar-refractivity contribution in [1.82, 2.24) is 15.2 Å². The third kappa shape index (κ3) is 4.77. The number of piperidine rings is 1. The van der Waals surface area contributed by atoms with Gasteiger partial charge in [0.05, 0.1) is 10.6 Å². The zero-order chi connectivity index (χ0) is 17.6. The summed E-state index contributed by atoms with van der Waals surface area (Å²) < 4.78 is 13.8. The number of pyridine rings is 1. The Morgan fingerprint density at radius 2 is 1.96 bits per heavy atom. The predicted molar refractivity (Wildman–Crippen MR) is 96.0 cm³/mol. The van der Waals surface area contributed by atoms with Gasteiger partial charge in [-0.2, -0.15) is 0 Å². The van der Waals surface area contributed by atoms with Crippen molar-refractivity contribution in [2.75, 3.05) is 19.6 Å². The van der Waals surface area contributed by atoms with Gasteiger partial charge in [0, 0.05) is 25.5 Å². The van der Waals surface area contributed by atoms with Gasteiger partial charge in [0.25, 0.3) is 5.91 Å². The van der Waals surface area contributed by atoms with Crippen LogP contribution in [0.2, 0.25) is 5.02 Å². The van der Waals surface area contributed by atoms with Crippen molar-refractivity contribution in [2.24, 2.45) is 5.92 Å². The Labute approximate surface area is 152 Å². The van der Waals surface area contributed by atoms with E-state index in [1.54, 1.807) is 0 Å². The minimum atomic E-state index is -0.586. The maximum Gasteiger partial charge on any atom is 0.255 e. The van der Waals surface area contributed by atoms with E-state index in [9.17, 15) is 9.18 Å². The number of nitrogens with one attached hydrogen (secondary N) is 1. The molecule has 0 atom stereocenters. The largest absolute Gasteiger partial charge is 0.352 e. The molecule has 1 aromatic heterocycles. The van der Waals surface area contributed by atoms with Gasteiger partial charge in [-0.3, -0.25) is 14.7 Å². The first-order valence-corrected chi connectivity index (χ1v) is 8.85. The Balaban J connectivity index is 1.46. The molecule has 132 valence electrons. The van der Waals surface area contributed by atoms with Crippen LogP contribution in [0.3, 0.4) is 0 Å². The monoisotopic (exact) mass is 361 g/mol. The van der Waals surface area contributed by atoms with Crippen molar-refractivity contribution in [2.45, 2.75) is 19.4 Å². The number of hydrogen-bond acceptors (Lipinski definition) is 3. The van der Waals surface area contributed by atoms with E-state index >= 15 is 0 Å². The van der Waals surface area contributed by atoms with Crippen LogP contribution in [-0.4, -0.2) is 35.4 Å². The standard InChI is InChI=1S/C19H21ClFN3O/c20-16-2-1-3-17(21)18(16)19(25)23-12-14-6-10-24(11-7-14)13-15-4-8-22-9-5-15/h1-5,8-9,14H,6-7,10-13H2,(H,23,25). The number of carbonyl (C=O) groups excluding carboxylic acids is 1. The van der Waals surface area contributed by atoms with Crippen molar-refractivity contribution in [1.29, 1.82) is 0 Å². The Bertz CT molecular complexity index is 698. The van der Waals surface area contributed by atoms with Crippen molar-refractivity contribution in [3.8, 4) is 0 Å². The lowest BCUT2D eigenvalue weighted by molar-refractivity contribution is 0.0931. The molecule has 0 bridgehead atoms. The molecular weight excluding hydrogens is 341 g/mol. The van der Waals surface area contributed by atoms with Crippen LogP contribution in [0.25, 0.3) is 0 Å². The molecule has 1 fully saturated rings. The van der Waals surface area contributed by atoms with Gasteiger partial charge in [0.1, 0.15) is 5.82 Å². The van der Waals surface area contributed by atoms with E-state index in [2.05, 4.69) is 15.2 Å². The summed E-state index contributed by atoms with van der Waals surface area (Å²) in [5.74, 6) is -0.623. The number of amides is 1. The van der Waals surface area contributed by atoms with Crippen LogP contribution in [0.5, 0.6) is 0 Å². The topological polar surface area (TPSA) is 45.2 Å². The highest BCUT2D eigenvalue weighted by atomic mass is 35.5. The van der Waals surface area contributed by atoms with E-state index in [1.165, 1.54) is 23.8 Å². The second-order valence-electron chi connectivity index (χ2n) is 6.38. The molecule has 25 heavy (non-hydrogen) atoms. The highest BCUT2D eigenvalue weighted by Gasteiger charge is 2.21. The van der Waals surface area contributed by atoms with Crippen LogP contribution in [0, 0.1) is 11.7 Å². The van der Waals surface area contributed by atoms with Gasteiger partial charge in [-0.05, 0) is 61.7 Å². The minimum absolute atomic E-state index is 0.0701. The number of nitrogens with zero attached hydrogens (tertiary/aromatic N) is 2. The number of benzene rings is 1. The summed E-state index contributed by atoms with van der Waals surface area (Å²) in [7, 11) is 0. The molecule has 2 aromatic rings. The second kappa shape index (κ2) is 8.41. The molecule has 0 saturated carbocycles. The summed E-state index contributed by atoms with van der Waals surface area (Å²) in [6.07, 6.45) is 5.64. The SMILES string of the molecule is O=C(NCC1CCN(Cc2ccncc2)CC1)c1c(F)cccc1Cl. The van der Waals surface area contributed by atoms with Crippen molar-refractivity contribution >= 4 is 17.5 Å². The van der Waals surface area contributed by atoms with Crippen LogP contribution in [0.15, 0.2) is 42.7 Å². The average Bonchev–Trinajstić information content (AvgIpc) is 2.62. The molecule has 1 aliphatic heterocycles. The summed E-state index contributed by atoms with van der Waals surface area (Å²) in [6, 6.07) is 8.33. The molecule has 1 aliphatic rings. The Hall–Kier alpha value is -1.98. The van der Waals surface area contributed by atoms with E-state index in [4.69, 9.17) is 11.6 Å². The van der Waals surface area contributed by atoms with Crippen molar-refractivity contribution in [3.05, 3.63) is 64.7 Å². The summed E-state index contributed by atoms with van der Waals surface area (Å²) in [4.78, 5) is 18.6. The van der Waals surface area contributed by atoms with Gasteiger partial charge in [-0.25, -0.2) is 4.39 Å². The van der Waals surface area contributed by atoms with E-state index < -0.39 is 11.7 Å². The Morgan fingerprint density at radius 3 is 2.64 bits per heavy atom. The normalized spacial score (nSPS) is 15.9. The quantitative estimate of drug-likeness (QED) is 0.886. The van der Waals surface area contributed by atoms with Gasteiger partial charge in [-0.15, -0.1) is 0 Å². The Morgan fingerprint density at radius 1 is 1.24 bits per heavy atom. The van der Waals surface area contributed by atoms with E-state index in [-0.39, 0.29) is 10.6 Å². The number of hydrogen-bond donors (Lipinski definition) is 1. The zero-order valence-electron chi connectivity index (χ0n) is 13.9. The summed E-state index contributed by atoms with van der Waals surface area (Å²) in [6.45, 7) is 3.45. The highest BCUT2D eigenvalue weighted by Crippen LogP contribution is 2.21. The van der Waals surface area contributed by atoms with E-state index in [0.29, 0.717) is 12.5 Å². The van der Waals surface area contributed by atoms with Crippen LogP contribution in [0.4, 0.5) is 4.39 Å². The summed E-state index contributed by atoms with van der Waals surface area (Å²) in [5.41, 5.74) is 1.19. The fourth-order valence-electron chi connectivity index (χ4n) is 3.14. The lowest BCUT2D eigenvalue weighted by Gasteiger charge is -2.32. The molecule has 1 amide bonds. The van der Waals surface area contributed by atoms with Crippen LogP contribution in [0.1, 0.15) is 28.8 Å². The summed E-state index contributed by atoms with van der Waals surface area (Å²) in [5, 5.41) is 2.97. The van der Waals surface area contributed by atoms with Crippen LogP contribution < -0.4 is 5.32 Å². The first-order valence-electron chi connectivity index (χ1n) is 8.47. The minimum Gasteiger partial charge on any atom is -0.352 e. The molecule has 1 aromatic carbocycles. The molecule has 0 unspecified atom stereocenters. The fourth-order valence-corrected chi connectivity index (χ4v) is 3.38. The third-order valence-corrected chi connectivity index (χ3v) is 4.92. The average molecular weight is 362 g/mol. The second-order valence-corrected chi connectivity index (χ2v) is 6.79. The maximum absolute atomic E-state index is 13.8.